The molecule has 0 bridgehead atoms. The maximum atomic E-state index is 12.5. The third kappa shape index (κ3) is 3.78. The number of rotatable bonds is 6. The molecule has 0 aromatic carbocycles. The first-order chi connectivity index (χ1) is 12.0. The van der Waals surface area contributed by atoms with Crippen LogP contribution in [0, 0.1) is 17.8 Å². The summed E-state index contributed by atoms with van der Waals surface area (Å²) < 4.78 is 0. The van der Waals surface area contributed by atoms with E-state index < -0.39 is 0 Å². The molecule has 1 saturated heterocycles. The largest absolute Gasteiger partial charge is 0.348 e. The molecule has 0 spiro atoms. The molecule has 1 aliphatic heterocycles. The maximum Gasteiger partial charge on any atom is 0.233 e. The van der Waals surface area contributed by atoms with Crippen LogP contribution in [0.15, 0.2) is 17.5 Å². The van der Waals surface area contributed by atoms with Crippen LogP contribution in [-0.4, -0.2) is 29.2 Å². The highest BCUT2D eigenvalue weighted by atomic mass is 32.1. The predicted octanol–water partition coefficient (Wildman–Crippen LogP) is 3.13. The third-order valence-corrected chi connectivity index (χ3v) is 6.28. The fourth-order valence-corrected chi connectivity index (χ4v) is 4.89. The SMILES string of the molecule is CC(C)[C@@H](NC(=O)CCN1C(=O)[C@H]2CCCC[C@H]2C1=O)c1cccs1. The summed E-state index contributed by atoms with van der Waals surface area (Å²) in [6.07, 6.45) is 3.83. The number of thiophene rings is 1. The Morgan fingerprint density at radius 2 is 1.88 bits per heavy atom. The third-order valence-electron chi connectivity index (χ3n) is 5.33. The van der Waals surface area contributed by atoms with E-state index in [1.54, 1.807) is 11.3 Å². The van der Waals surface area contributed by atoms with E-state index in [-0.39, 0.29) is 54.5 Å². The number of nitrogens with zero attached hydrogens (tertiary/aromatic N) is 1. The van der Waals surface area contributed by atoms with E-state index in [9.17, 15) is 14.4 Å². The number of likely N-dealkylation sites (tertiary alicyclic amines) is 1. The normalized spacial score (nSPS) is 24.5. The van der Waals surface area contributed by atoms with Crippen molar-refractivity contribution in [1.29, 1.82) is 0 Å². The molecule has 3 amide bonds. The van der Waals surface area contributed by atoms with E-state index in [0.717, 1.165) is 30.6 Å². The summed E-state index contributed by atoms with van der Waals surface area (Å²) in [5, 5.41) is 5.06. The lowest BCUT2D eigenvalue weighted by Gasteiger charge is -2.22. The van der Waals surface area contributed by atoms with Gasteiger partial charge in [0, 0.05) is 17.8 Å². The molecule has 1 aromatic heterocycles. The van der Waals surface area contributed by atoms with E-state index in [4.69, 9.17) is 0 Å². The number of hydrogen-bond acceptors (Lipinski definition) is 4. The zero-order valence-electron chi connectivity index (χ0n) is 14.9. The molecule has 25 heavy (non-hydrogen) atoms. The van der Waals surface area contributed by atoms with Gasteiger partial charge < -0.3 is 5.32 Å². The number of amides is 3. The van der Waals surface area contributed by atoms with Gasteiger partial charge in [-0.3, -0.25) is 19.3 Å². The Balaban J connectivity index is 1.57. The second kappa shape index (κ2) is 7.68. The molecule has 6 heteroatoms. The highest BCUT2D eigenvalue weighted by Gasteiger charge is 2.47. The van der Waals surface area contributed by atoms with Gasteiger partial charge in [0.25, 0.3) is 0 Å². The molecule has 1 aliphatic carbocycles. The Bertz CT molecular complexity index is 617. The smallest absolute Gasteiger partial charge is 0.233 e. The predicted molar refractivity (Wildman–Crippen MR) is 96.8 cm³/mol. The fourth-order valence-electron chi connectivity index (χ4n) is 3.94. The first-order valence-corrected chi connectivity index (χ1v) is 10.0. The first kappa shape index (κ1) is 18.1. The van der Waals surface area contributed by atoms with Crippen LogP contribution in [0.1, 0.15) is 56.9 Å². The average Bonchev–Trinajstić information content (AvgIpc) is 3.20. The van der Waals surface area contributed by atoms with Gasteiger partial charge in [0.05, 0.1) is 17.9 Å². The minimum absolute atomic E-state index is 0.0277. The van der Waals surface area contributed by atoms with E-state index in [1.807, 2.05) is 17.5 Å². The Hall–Kier alpha value is -1.69. The van der Waals surface area contributed by atoms with Crippen LogP contribution in [0.25, 0.3) is 0 Å². The Morgan fingerprint density at radius 1 is 1.24 bits per heavy atom. The summed E-state index contributed by atoms with van der Waals surface area (Å²) >= 11 is 1.63. The van der Waals surface area contributed by atoms with Crippen LogP contribution in [0.2, 0.25) is 0 Å². The van der Waals surface area contributed by atoms with E-state index in [2.05, 4.69) is 19.2 Å². The molecule has 0 unspecified atom stereocenters. The Labute approximate surface area is 152 Å². The number of hydrogen-bond donors (Lipinski definition) is 1. The molecule has 136 valence electrons. The van der Waals surface area contributed by atoms with Crippen LogP contribution in [0.4, 0.5) is 0 Å². The number of imide groups is 1. The summed E-state index contributed by atoms with van der Waals surface area (Å²) in [5.74, 6) is -0.247. The second-order valence-corrected chi connectivity index (χ2v) is 8.36. The van der Waals surface area contributed by atoms with Crippen molar-refractivity contribution in [1.82, 2.24) is 10.2 Å². The van der Waals surface area contributed by atoms with Gasteiger partial charge in [0.2, 0.25) is 17.7 Å². The Morgan fingerprint density at radius 3 is 2.40 bits per heavy atom. The van der Waals surface area contributed by atoms with Crippen LogP contribution < -0.4 is 5.32 Å². The van der Waals surface area contributed by atoms with Gasteiger partial charge in [-0.1, -0.05) is 32.8 Å². The van der Waals surface area contributed by atoms with Crippen LogP contribution in [0.5, 0.6) is 0 Å². The van der Waals surface area contributed by atoms with Crippen molar-refractivity contribution in [3.8, 4) is 0 Å². The van der Waals surface area contributed by atoms with Gasteiger partial charge in [-0.15, -0.1) is 11.3 Å². The molecular formula is C19H26N2O3S. The van der Waals surface area contributed by atoms with Crippen molar-refractivity contribution in [2.45, 2.75) is 52.0 Å². The summed E-state index contributed by atoms with van der Waals surface area (Å²) in [5.41, 5.74) is 0. The minimum atomic E-state index is -0.140. The zero-order chi connectivity index (χ0) is 18.0. The summed E-state index contributed by atoms with van der Waals surface area (Å²) in [6.45, 7) is 4.34. The van der Waals surface area contributed by atoms with Crippen molar-refractivity contribution >= 4 is 29.1 Å². The molecule has 1 aromatic rings. The molecule has 0 radical (unpaired) electrons. The van der Waals surface area contributed by atoms with Crippen LogP contribution in [0.3, 0.4) is 0 Å². The molecule has 2 aliphatic rings. The fraction of sp³-hybridized carbons (Fsp3) is 0.632. The monoisotopic (exact) mass is 362 g/mol. The number of carbonyl (C=O) groups is 3. The van der Waals surface area contributed by atoms with Crippen LogP contribution in [-0.2, 0) is 14.4 Å². The van der Waals surface area contributed by atoms with Gasteiger partial charge in [-0.25, -0.2) is 0 Å². The summed E-state index contributed by atoms with van der Waals surface area (Å²) in [4.78, 5) is 39.7. The topological polar surface area (TPSA) is 66.5 Å². The van der Waals surface area contributed by atoms with E-state index in [1.165, 1.54) is 4.90 Å². The lowest BCUT2D eigenvalue weighted by atomic mass is 9.81. The first-order valence-electron chi connectivity index (χ1n) is 9.17. The molecule has 1 saturated carbocycles. The highest BCUT2D eigenvalue weighted by Crippen LogP contribution is 2.38. The molecule has 2 heterocycles. The van der Waals surface area contributed by atoms with Crippen molar-refractivity contribution < 1.29 is 14.4 Å². The van der Waals surface area contributed by atoms with Crippen LogP contribution >= 0.6 is 11.3 Å². The van der Waals surface area contributed by atoms with Crippen molar-refractivity contribution in [2.75, 3.05) is 6.54 Å². The minimum Gasteiger partial charge on any atom is -0.348 e. The number of carbonyl (C=O) groups excluding carboxylic acids is 3. The lowest BCUT2D eigenvalue weighted by Crippen LogP contribution is -2.37. The van der Waals surface area contributed by atoms with Crippen molar-refractivity contribution in [3.05, 3.63) is 22.4 Å². The van der Waals surface area contributed by atoms with Gasteiger partial charge >= 0.3 is 0 Å². The molecule has 1 N–H and O–H groups in total. The van der Waals surface area contributed by atoms with Crippen molar-refractivity contribution in [2.24, 2.45) is 17.8 Å². The molecule has 3 rings (SSSR count). The van der Waals surface area contributed by atoms with Gasteiger partial charge in [0.1, 0.15) is 0 Å². The quantitative estimate of drug-likeness (QED) is 0.791. The second-order valence-electron chi connectivity index (χ2n) is 7.38. The molecular weight excluding hydrogens is 336 g/mol. The van der Waals surface area contributed by atoms with Crippen molar-refractivity contribution in [3.63, 3.8) is 0 Å². The number of fused-ring (bicyclic) bond motifs is 1. The molecule has 2 fully saturated rings. The molecule has 3 atom stereocenters. The standard InChI is InChI=1S/C19H26N2O3S/c1-12(2)17(15-8-5-11-25-15)20-16(22)9-10-21-18(23)13-6-3-4-7-14(13)19(21)24/h5,8,11-14,17H,3-4,6-7,9-10H2,1-2H3,(H,20,22)/t13-,14+,17-/m1/s1. The Kier molecular flexibility index (Phi) is 5.57. The molecule has 5 nitrogen and oxygen atoms in total. The van der Waals surface area contributed by atoms with Gasteiger partial charge in [-0.2, -0.15) is 0 Å². The summed E-state index contributed by atoms with van der Waals surface area (Å²) in [6, 6.07) is 3.97. The van der Waals surface area contributed by atoms with Gasteiger partial charge in [-0.05, 0) is 30.2 Å². The summed E-state index contributed by atoms with van der Waals surface area (Å²) in [7, 11) is 0. The van der Waals surface area contributed by atoms with E-state index >= 15 is 0 Å². The average molecular weight is 362 g/mol. The maximum absolute atomic E-state index is 12.5. The number of nitrogens with one attached hydrogen (secondary N) is 1. The van der Waals surface area contributed by atoms with E-state index in [0.29, 0.717) is 0 Å². The lowest BCUT2D eigenvalue weighted by molar-refractivity contribution is -0.140. The highest BCUT2D eigenvalue weighted by molar-refractivity contribution is 7.10. The zero-order valence-corrected chi connectivity index (χ0v) is 15.7. The van der Waals surface area contributed by atoms with Gasteiger partial charge in [0.15, 0.2) is 0 Å².